The third-order valence-corrected chi connectivity index (χ3v) is 4.26. The quantitative estimate of drug-likeness (QED) is 0.581. The predicted octanol–water partition coefficient (Wildman–Crippen LogP) is 3.65. The Morgan fingerprint density at radius 3 is 2.62 bits per heavy atom. The fourth-order valence-electron chi connectivity index (χ4n) is 2.69. The third kappa shape index (κ3) is 4.32. The van der Waals surface area contributed by atoms with Crippen molar-refractivity contribution in [3.05, 3.63) is 77.0 Å². The first-order valence-corrected chi connectivity index (χ1v) is 8.42. The molecule has 3 N–H and O–H groups in total. The molecule has 1 heterocycles. The molecule has 0 radical (unpaired) electrons. The van der Waals surface area contributed by atoms with Crippen molar-refractivity contribution in [1.29, 1.82) is 0 Å². The second-order valence-electron chi connectivity index (χ2n) is 5.85. The van der Waals surface area contributed by atoms with Crippen LogP contribution < -0.4 is 5.32 Å². The van der Waals surface area contributed by atoms with E-state index in [1.165, 1.54) is 6.08 Å². The summed E-state index contributed by atoms with van der Waals surface area (Å²) in [6.07, 6.45) is 4.89. The first kappa shape index (κ1) is 17.8. The van der Waals surface area contributed by atoms with Crippen molar-refractivity contribution in [2.45, 2.75) is 12.5 Å². The molecule has 0 bridgehead atoms. The maximum Gasteiger partial charge on any atom is 0.326 e. The molecule has 0 aliphatic rings. The van der Waals surface area contributed by atoms with Gasteiger partial charge in [-0.2, -0.15) is 0 Å². The molecule has 0 spiro atoms. The first-order chi connectivity index (χ1) is 12.5. The lowest BCUT2D eigenvalue weighted by Crippen LogP contribution is -2.41. The minimum atomic E-state index is -1.08. The lowest BCUT2D eigenvalue weighted by molar-refractivity contribution is -0.141. The van der Waals surface area contributed by atoms with Crippen LogP contribution >= 0.6 is 11.6 Å². The standard InChI is InChI=1S/C20H17ClN2O3/c21-15-8-5-13(6-9-15)7-10-19(24)23-18(20(25)26)11-14-12-22-17-4-2-1-3-16(14)17/h1-10,12,18,22H,11H2,(H,23,24)(H,25,26)/b10-7+. The summed E-state index contributed by atoms with van der Waals surface area (Å²) in [4.78, 5) is 26.7. The third-order valence-electron chi connectivity index (χ3n) is 4.01. The molecule has 5 nitrogen and oxygen atoms in total. The Kier molecular flexibility index (Phi) is 5.39. The Morgan fingerprint density at radius 1 is 1.15 bits per heavy atom. The predicted molar refractivity (Wildman–Crippen MR) is 102 cm³/mol. The smallest absolute Gasteiger partial charge is 0.326 e. The number of benzene rings is 2. The van der Waals surface area contributed by atoms with Crippen LogP contribution in [0.1, 0.15) is 11.1 Å². The summed E-state index contributed by atoms with van der Waals surface area (Å²) in [6.45, 7) is 0. The molecule has 6 heteroatoms. The molecule has 0 fully saturated rings. The summed E-state index contributed by atoms with van der Waals surface area (Å²) in [6, 6.07) is 13.6. The lowest BCUT2D eigenvalue weighted by atomic mass is 10.0. The van der Waals surface area contributed by atoms with Crippen LogP contribution in [0, 0.1) is 0 Å². The molecule has 0 saturated carbocycles. The monoisotopic (exact) mass is 368 g/mol. The van der Waals surface area contributed by atoms with Gasteiger partial charge in [-0.15, -0.1) is 0 Å². The number of rotatable bonds is 6. The average Bonchev–Trinajstić information content (AvgIpc) is 3.04. The molecular formula is C20H17ClN2O3. The second kappa shape index (κ2) is 7.89. The van der Waals surface area contributed by atoms with Gasteiger partial charge in [0.25, 0.3) is 0 Å². The minimum Gasteiger partial charge on any atom is -0.480 e. The van der Waals surface area contributed by atoms with Crippen molar-refractivity contribution in [1.82, 2.24) is 10.3 Å². The number of hydrogen-bond acceptors (Lipinski definition) is 2. The van der Waals surface area contributed by atoms with Gasteiger partial charge in [-0.25, -0.2) is 4.79 Å². The zero-order valence-corrected chi connectivity index (χ0v) is 14.5. The molecule has 0 aliphatic carbocycles. The highest BCUT2D eigenvalue weighted by Crippen LogP contribution is 2.19. The van der Waals surface area contributed by atoms with E-state index in [0.717, 1.165) is 22.0 Å². The Hall–Kier alpha value is -3.05. The molecule has 3 rings (SSSR count). The molecule has 1 aromatic heterocycles. The zero-order valence-electron chi connectivity index (χ0n) is 13.8. The van der Waals surface area contributed by atoms with Crippen molar-refractivity contribution in [3.63, 3.8) is 0 Å². The van der Waals surface area contributed by atoms with E-state index < -0.39 is 17.9 Å². The number of nitrogens with one attached hydrogen (secondary N) is 2. The Bertz CT molecular complexity index is 961. The van der Waals surface area contributed by atoms with Gasteiger partial charge in [-0.1, -0.05) is 41.9 Å². The van der Waals surface area contributed by atoms with E-state index in [2.05, 4.69) is 10.3 Å². The highest BCUT2D eigenvalue weighted by molar-refractivity contribution is 6.30. The molecule has 1 unspecified atom stereocenters. The Labute approximate surface area is 155 Å². The molecule has 132 valence electrons. The zero-order chi connectivity index (χ0) is 18.5. The normalized spacial score (nSPS) is 12.3. The average molecular weight is 369 g/mol. The Morgan fingerprint density at radius 2 is 1.88 bits per heavy atom. The van der Waals surface area contributed by atoms with Gasteiger partial charge in [0.15, 0.2) is 0 Å². The van der Waals surface area contributed by atoms with Crippen LogP contribution in [0.2, 0.25) is 5.02 Å². The van der Waals surface area contributed by atoms with Gasteiger partial charge in [0.05, 0.1) is 0 Å². The number of carbonyl (C=O) groups excluding carboxylic acids is 1. The van der Waals surface area contributed by atoms with Crippen molar-refractivity contribution in [2.75, 3.05) is 0 Å². The first-order valence-electron chi connectivity index (χ1n) is 8.05. The number of H-pyrrole nitrogens is 1. The van der Waals surface area contributed by atoms with E-state index in [1.807, 2.05) is 24.3 Å². The summed E-state index contributed by atoms with van der Waals surface area (Å²) in [5, 5.41) is 13.5. The molecule has 0 aliphatic heterocycles. The largest absolute Gasteiger partial charge is 0.480 e. The van der Waals surface area contributed by atoms with Crippen LogP contribution in [0.3, 0.4) is 0 Å². The summed E-state index contributed by atoms with van der Waals surface area (Å²) < 4.78 is 0. The molecule has 2 aromatic carbocycles. The van der Waals surface area contributed by atoms with E-state index >= 15 is 0 Å². The SMILES string of the molecule is O=C(/C=C/c1ccc(Cl)cc1)NC(Cc1c[nH]c2ccccc12)C(=O)O. The van der Waals surface area contributed by atoms with Gasteiger partial charge in [-0.3, -0.25) is 4.79 Å². The number of carboxylic acid groups (broad SMARTS) is 1. The van der Waals surface area contributed by atoms with E-state index in [0.29, 0.717) is 5.02 Å². The van der Waals surface area contributed by atoms with Crippen molar-refractivity contribution >= 4 is 40.5 Å². The lowest BCUT2D eigenvalue weighted by Gasteiger charge is -2.12. The van der Waals surface area contributed by atoms with Crippen LogP contribution in [0.5, 0.6) is 0 Å². The van der Waals surface area contributed by atoms with E-state index in [9.17, 15) is 14.7 Å². The van der Waals surface area contributed by atoms with Gasteiger partial charge < -0.3 is 15.4 Å². The summed E-state index contributed by atoms with van der Waals surface area (Å²) in [7, 11) is 0. The highest BCUT2D eigenvalue weighted by Gasteiger charge is 2.21. The van der Waals surface area contributed by atoms with Crippen LogP contribution in [0.25, 0.3) is 17.0 Å². The van der Waals surface area contributed by atoms with E-state index in [4.69, 9.17) is 11.6 Å². The van der Waals surface area contributed by atoms with Crippen LogP contribution in [0.15, 0.2) is 60.8 Å². The fourth-order valence-corrected chi connectivity index (χ4v) is 2.81. The number of amides is 1. The number of fused-ring (bicyclic) bond motifs is 1. The second-order valence-corrected chi connectivity index (χ2v) is 6.28. The molecule has 26 heavy (non-hydrogen) atoms. The van der Waals surface area contributed by atoms with Gasteiger partial charge >= 0.3 is 5.97 Å². The number of carbonyl (C=O) groups is 2. The number of halogens is 1. The van der Waals surface area contributed by atoms with Gasteiger partial charge in [0, 0.05) is 34.6 Å². The fraction of sp³-hybridized carbons (Fsp3) is 0.100. The number of aliphatic carboxylic acids is 1. The van der Waals surface area contributed by atoms with Gasteiger partial charge in [-0.05, 0) is 35.4 Å². The molecule has 1 atom stereocenters. The number of aromatic amines is 1. The molecular weight excluding hydrogens is 352 g/mol. The number of carboxylic acids is 1. The number of aromatic nitrogens is 1. The Balaban J connectivity index is 1.69. The van der Waals surface area contributed by atoms with Gasteiger partial charge in [0.1, 0.15) is 6.04 Å². The topological polar surface area (TPSA) is 82.2 Å². The highest BCUT2D eigenvalue weighted by atomic mass is 35.5. The molecule has 1 amide bonds. The summed E-state index contributed by atoms with van der Waals surface area (Å²) in [5.41, 5.74) is 2.57. The van der Waals surface area contributed by atoms with E-state index in [-0.39, 0.29) is 6.42 Å². The molecule has 3 aromatic rings. The number of para-hydroxylation sites is 1. The maximum absolute atomic E-state index is 12.1. The summed E-state index contributed by atoms with van der Waals surface area (Å²) >= 11 is 5.82. The van der Waals surface area contributed by atoms with Crippen molar-refractivity contribution in [2.24, 2.45) is 0 Å². The molecule has 0 saturated heterocycles. The van der Waals surface area contributed by atoms with Crippen LogP contribution in [-0.2, 0) is 16.0 Å². The maximum atomic E-state index is 12.1. The van der Waals surface area contributed by atoms with Crippen LogP contribution in [0.4, 0.5) is 0 Å². The van der Waals surface area contributed by atoms with Crippen molar-refractivity contribution in [3.8, 4) is 0 Å². The van der Waals surface area contributed by atoms with Crippen LogP contribution in [-0.4, -0.2) is 28.0 Å². The number of hydrogen-bond donors (Lipinski definition) is 3. The van der Waals surface area contributed by atoms with Gasteiger partial charge in [0.2, 0.25) is 5.91 Å². The van der Waals surface area contributed by atoms with Crippen molar-refractivity contribution < 1.29 is 14.7 Å². The minimum absolute atomic E-state index is 0.194. The van der Waals surface area contributed by atoms with E-state index in [1.54, 1.807) is 36.5 Å². The summed E-state index contributed by atoms with van der Waals surface area (Å²) in [5.74, 6) is -1.55.